The Morgan fingerprint density at radius 3 is 2.62 bits per heavy atom. The van der Waals surface area contributed by atoms with Gasteiger partial charge in [-0.05, 0) is 60.0 Å². The molecule has 0 atom stereocenters. The average molecular weight is 372 g/mol. The van der Waals surface area contributed by atoms with E-state index in [-0.39, 0.29) is 17.7 Å². The number of carbonyl (C=O) groups is 2. The molecule has 7 heteroatoms. The second kappa shape index (κ2) is 8.91. The van der Waals surface area contributed by atoms with Crippen molar-refractivity contribution in [1.29, 1.82) is 0 Å². The first-order valence-corrected chi connectivity index (χ1v) is 9.75. The van der Waals surface area contributed by atoms with Crippen LogP contribution in [0.4, 0.5) is 0 Å². The van der Waals surface area contributed by atoms with E-state index in [9.17, 15) is 9.59 Å². The van der Waals surface area contributed by atoms with Crippen molar-refractivity contribution in [2.24, 2.45) is 11.7 Å². The van der Waals surface area contributed by atoms with Crippen molar-refractivity contribution < 1.29 is 9.59 Å². The fourth-order valence-corrected chi connectivity index (χ4v) is 3.87. The Morgan fingerprint density at radius 2 is 2.00 bits per heavy atom. The SMILES string of the molecule is NC(=O)C1CCN(CC(=O)N(Cc2cccnc2)Cc2ccsc2)CC1. The highest BCUT2D eigenvalue weighted by Crippen LogP contribution is 2.18. The van der Waals surface area contributed by atoms with Gasteiger partial charge in [-0.3, -0.25) is 19.5 Å². The Labute approximate surface area is 157 Å². The highest BCUT2D eigenvalue weighted by Gasteiger charge is 2.25. The highest BCUT2D eigenvalue weighted by molar-refractivity contribution is 7.07. The first-order valence-electron chi connectivity index (χ1n) is 8.81. The molecule has 1 saturated heterocycles. The van der Waals surface area contributed by atoms with Crippen molar-refractivity contribution in [2.45, 2.75) is 25.9 Å². The van der Waals surface area contributed by atoms with Gasteiger partial charge in [0.05, 0.1) is 6.54 Å². The number of amides is 2. The number of carbonyl (C=O) groups excluding carboxylic acids is 2. The van der Waals surface area contributed by atoms with E-state index in [0.29, 0.717) is 19.6 Å². The average Bonchev–Trinajstić information content (AvgIpc) is 3.15. The van der Waals surface area contributed by atoms with Crippen LogP contribution in [0.2, 0.25) is 0 Å². The minimum atomic E-state index is -0.230. The molecule has 2 N–H and O–H groups in total. The molecule has 138 valence electrons. The van der Waals surface area contributed by atoms with Crippen molar-refractivity contribution in [3.63, 3.8) is 0 Å². The fourth-order valence-electron chi connectivity index (χ4n) is 3.21. The molecule has 0 spiro atoms. The van der Waals surface area contributed by atoms with Gasteiger partial charge in [-0.25, -0.2) is 0 Å². The second-order valence-corrected chi connectivity index (χ2v) is 7.48. The predicted molar refractivity (Wildman–Crippen MR) is 101 cm³/mol. The van der Waals surface area contributed by atoms with Gasteiger partial charge in [0.2, 0.25) is 11.8 Å². The predicted octanol–water partition coefficient (Wildman–Crippen LogP) is 1.87. The quantitative estimate of drug-likeness (QED) is 0.805. The van der Waals surface area contributed by atoms with Crippen LogP contribution < -0.4 is 5.73 Å². The molecular formula is C19H24N4O2S. The van der Waals surface area contributed by atoms with Gasteiger partial charge in [-0.2, -0.15) is 11.3 Å². The number of pyridine rings is 1. The molecule has 2 amide bonds. The molecule has 0 aliphatic carbocycles. The number of primary amides is 1. The lowest BCUT2D eigenvalue weighted by Gasteiger charge is -2.32. The van der Waals surface area contributed by atoms with Gasteiger partial charge in [0.1, 0.15) is 0 Å². The Balaban J connectivity index is 1.62. The number of nitrogens with zero attached hydrogens (tertiary/aromatic N) is 3. The van der Waals surface area contributed by atoms with E-state index in [1.165, 1.54) is 0 Å². The van der Waals surface area contributed by atoms with Gasteiger partial charge in [-0.1, -0.05) is 6.07 Å². The maximum Gasteiger partial charge on any atom is 0.237 e. The zero-order chi connectivity index (χ0) is 18.4. The molecule has 3 rings (SSSR count). The molecule has 1 fully saturated rings. The summed E-state index contributed by atoms with van der Waals surface area (Å²) < 4.78 is 0. The summed E-state index contributed by atoms with van der Waals surface area (Å²) in [5.41, 5.74) is 7.54. The molecule has 2 aromatic heterocycles. The van der Waals surface area contributed by atoms with Crippen molar-refractivity contribution in [3.05, 3.63) is 52.5 Å². The van der Waals surface area contributed by atoms with Crippen LogP contribution in [0.5, 0.6) is 0 Å². The molecule has 0 saturated carbocycles. The summed E-state index contributed by atoms with van der Waals surface area (Å²) in [7, 11) is 0. The largest absolute Gasteiger partial charge is 0.369 e. The Bertz CT molecular complexity index is 712. The number of hydrogen-bond acceptors (Lipinski definition) is 5. The molecule has 2 aromatic rings. The van der Waals surface area contributed by atoms with Crippen LogP contribution in [0.3, 0.4) is 0 Å². The summed E-state index contributed by atoms with van der Waals surface area (Å²) in [6.45, 7) is 2.97. The third-order valence-corrected chi connectivity index (χ3v) is 5.48. The zero-order valence-electron chi connectivity index (χ0n) is 14.7. The Kier molecular flexibility index (Phi) is 6.35. The molecule has 6 nitrogen and oxygen atoms in total. The van der Waals surface area contributed by atoms with E-state index in [1.54, 1.807) is 23.7 Å². The van der Waals surface area contributed by atoms with Crippen molar-refractivity contribution in [1.82, 2.24) is 14.8 Å². The van der Waals surface area contributed by atoms with Crippen LogP contribution in [0.15, 0.2) is 41.4 Å². The summed E-state index contributed by atoms with van der Waals surface area (Å²) >= 11 is 1.63. The van der Waals surface area contributed by atoms with Crippen LogP contribution in [0.25, 0.3) is 0 Å². The first kappa shape index (κ1) is 18.5. The Hall–Kier alpha value is -2.25. The topological polar surface area (TPSA) is 79.5 Å². The first-order chi connectivity index (χ1) is 12.6. The summed E-state index contributed by atoms with van der Waals surface area (Å²) in [5.74, 6) is -0.192. The zero-order valence-corrected chi connectivity index (χ0v) is 15.5. The van der Waals surface area contributed by atoms with E-state index in [0.717, 1.165) is 37.1 Å². The lowest BCUT2D eigenvalue weighted by molar-refractivity contribution is -0.134. The number of nitrogens with two attached hydrogens (primary N) is 1. The molecule has 1 aliphatic rings. The molecule has 1 aliphatic heterocycles. The molecule has 0 radical (unpaired) electrons. The van der Waals surface area contributed by atoms with Crippen LogP contribution in [-0.2, 0) is 22.7 Å². The standard InChI is InChI=1S/C19H24N4O2S/c20-19(25)17-3-7-22(8-4-17)13-18(24)23(12-16-5-9-26-14-16)11-15-2-1-6-21-10-15/h1-2,5-6,9-10,14,17H,3-4,7-8,11-13H2,(H2,20,25). The summed E-state index contributed by atoms with van der Waals surface area (Å²) in [6.07, 6.45) is 5.00. The number of piperidine rings is 1. The van der Waals surface area contributed by atoms with Crippen molar-refractivity contribution in [3.8, 4) is 0 Å². The number of likely N-dealkylation sites (tertiary alicyclic amines) is 1. The van der Waals surface area contributed by atoms with E-state index >= 15 is 0 Å². The smallest absolute Gasteiger partial charge is 0.237 e. The highest BCUT2D eigenvalue weighted by atomic mass is 32.1. The molecule has 26 heavy (non-hydrogen) atoms. The number of hydrogen-bond donors (Lipinski definition) is 1. The van der Waals surface area contributed by atoms with Gasteiger partial charge in [0.25, 0.3) is 0 Å². The Morgan fingerprint density at radius 1 is 1.23 bits per heavy atom. The number of rotatable bonds is 7. The maximum absolute atomic E-state index is 12.9. The maximum atomic E-state index is 12.9. The lowest BCUT2D eigenvalue weighted by atomic mass is 9.96. The minimum absolute atomic E-state index is 0.0568. The van der Waals surface area contributed by atoms with Crippen LogP contribution in [-0.4, -0.2) is 46.2 Å². The van der Waals surface area contributed by atoms with Crippen molar-refractivity contribution >= 4 is 23.2 Å². The second-order valence-electron chi connectivity index (χ2n) is 6.70. The number of aromatic nitrogens is 1. The molecule has 0 unspecified atom stereocenters. The fraction of sp³-hybridized carbons (Fsp3) is 0.421. The molecule has 3 heterocycles. The minimum Gasteiger partial charge on any atom is -0.369 e. The van der Waals surface area contributed by atoms with Gasteiger partial charge in [0, 0.05) is 31.4 Å². The molecule has 0 bridgehead atoms. The van der Waals surface area contributed by atoms with E-state index in [2.05, 4.69) is 15.3 Å². The van der Waals surface area contributed by atoms with E-state index in [4.69, 9.17) is 5.73 Å². The van der Waals surface area contributed by atoms with E-state index in [1.807, 2.05) is 28.5 Å². The monoisotopic (exact) mass is 372 g/mol. The number of thiophene rings is 1. The van der Waals surface area contributed by atoms with Crippen LogP contribution in [0, 0.1) is 5.92 Å². The van der Waals surface area contributed by atoms with Gasteiger partial charge in [0.15, 0.2) is 0 Å². The summed E-state index contributed by atoms with van der Waals surface area (Å²) in [4.78, 5) is 32.4. The van der Waals surface area contributed by atoms with Gasteiger partial charge in [-0.15, -0.1) is 0 Å². The lowest BCUT2D eigenvalue weighted by Crippen LogP contribution is -2.44. The van der Waals surface area contributed by atoms with E-state index < -0.39 is 0 Å². The summed E-state index contributed by atoms with van der Waals surface area (Å²) in [6, 6.07) is 5.92. The van der Waals surface area contributed by atoms with Crippen molar-refractivity contribution in [2.75, 3.05) is 19.6 Å². The third kappa shape index (κ3) is 5.12. The third-order valence-electron chi connectivity index (χ3n) is 4.75. The van der Waals surface area contributed by atoms with Gasteiger partial charge < -0.3 is 10.6 Å². The summed E-state index contributed by atoms with van der Waals surface area (Å²) in [5, 5.41) is 4.10. The van der Waals surface area contributed by atoms with Gasteiger partial charge >= 0.3 is 0 Å². The molecule has 0 aromatic carbocycles. The van der Waals surface area contributed by atoms with Crippen LogP contribution >= 0.6 is 11.3 Å². The normalized spacial score (nSPS) is 15.7. The molecular weight excluding hydrogens is 348 g/mol. The van der Waals surface area contributed by atoms with Crippen LogP contribution in [0.1, 0.15) is 24.0 Å².